The number of nitrogens with zero attached hydrogens (tertiary/aromatic N) is 4. The van der Waals surface area contributed by atoms with Crippen LogP contribution < -0.4 is 0 Å². The molecular formula is C52H34N4. The SMILES string of the molecule is c1ccc(-c2ccc(-n3c4ccccc4c4ccc5c6ccccc6n(-c6cccc(-c7cc(-c8ccccc8)nc(-c8ccccc8)n7)c6)c5c43)cc2)cc1. The third-order valence-electron chi connectivity index (χ3n) is 10.9. The highest BCUT2D eigenvalue weighted by molar-refractivity contribution is 6.23. The number of aromatic nitrogens is 4. The largest absolute Gasteiger partial charge is 0.307 e. The van der Waals surface area contributed by atoms with Crippen LogP contribution in [0.4, 0.5) is 0 Å². The molecule has 0 unspecified atom stereocenters. The first kappa shape index (κ1) is 31.9. The molecule has 0 aliphatic rings. The van der Waals surface area contributed by atoms with E-state index in [1.807, 2.05) is 24.3 Å². The van der Waals surface area contributed by atoms with Crippen molar-refractivity contribution in [3.05, 3.63) is 206 Å². The molecule has 3 heterocycles. The van der Waals surface area contributed by atoms with Crippen LogP contribution in [0.25, 0.3) is 100 Å². The van der Waals surface area contributed by atoms with Gasteiger partial charge in [0.05, 0.1) is 33.5 Å². The molecule has 0 saturated carbocycles. The molecule has 11 aromatic rings. The third-order valence-corrected chi connectivity index (χ3v) is 10.9. The van der Waals surface area contributed by atoms with E-state index in [9.17, 15) is 0 Å². The Kier molecular flexibility index (Phi) is 7.46. The fourth-order valence-electron chi connectivity index (χ4n) is 8.34. The van der Waals surface area contributed by atoms with Crippen LogP contribution in [0.3, 0.4) is 0 Å². The third kappa shape index (κ3) is 5.23. The highest BCUT2D eigenvalue weighted by Gasteiger charge is 2.21. The van der Waals surface area contributed by atoms with Crippen molar-refractivity contribution in [1.82, 2.24) is 19.1 Å². The molecule has 56 heavy (non-hydrogen) atoms. The van der Waals surface area contributed by atoms with Gasteiger partial charge in [0.1, 0.15) is 0 Å². The molecule has 3 aromatic heterocycles. The molecular weight excluding hydrogens is 681 g/mol. The Labute approximate surface area is 324 Å². The van der Waals surface area contributed by atoms with Gasteiger partial charge >= 0.3 is 0 Å². The van der Waals surface area contributed by atoms with Gasteiger partial charge in [0.15, 0.2) is 5.82 Å². The van der Waals surface area contributed by atoms with E-state index in [4.69, 9.17) is 9.97 Å². The highest BCUT2D eigenvalue weighted by Crippen LogP contribution is 2.42. The molecule has 0 fully saturated rings. The molecule has 0 aliphatic heterocycles. The maximum Gasteiger partial charge on any atom is 0.160 e. The molecule has 0 atom stereocenters. The second-order valence-corrected chi connectivity index (χ2v) is 14.2. The first-order chi connectivity index (χ1) is 27.8. The lowest BCUT2D eigenvalue weighted by molar-refractivity contribution is 1.15. The standard InChI is InChI=1S/C52H34N4/c1-4-15-35(16-5-1)36-27-29-40(30-28-36)55-48-25-12-10-23-42(48)44-31-32-45-43-24-11-13-26-49(43)56(51(45)50(44)55)41-22-14-21-39(33-41)47-34-46(37-17-6-2-7-18-37)53-52(54-47)38-19-8-3-9-20-38/h1-34H. The van der Waals surface area contributed by atoms with Crippen LogP contribution in [0.15, 0.2) is 206 Å². The molecule has 8 aromatic carbocycles. The Morgan fingerprint density at radius 2 is 0.750 bits per heavy atom. The summed E-state index contributed by atoms with van der Waals surface area (Å²) in [6.45, 7) is 0. The van der Waals surface area contributed by atoms with Gasteiger partial charge in [0.2, 0.25) is 0 Å². The predicted molar refractivity (Wildman–Crippen MR) is 232 cm³/mol. The fraction of sp³-hybridized carbons (Fsp3) is 0. The lowest BCUT2D eigenvalue weighted by Crippen LogP contribution is -2.00. The number of hydrogen-bond donors (Lipinski definition) is 0. The van der Waals surface area contributed by atoms with Gasteiger partial charge in [-0.05, 0) is 53.6 Å². The maximum atomic E-state index is 5.18. The Morgan fingerprint density at radius 3 is 1.36 bits per heavy atom. The summed E-state index contributed by atoms with van der Waals surface area (Å²) in [4.78, 5) is 10.2. The van der Waals surface area contributed by atoms with Crippen LogP contribution in [0.5, 0.6) is 0 Å². The van der Waals surface area contributed by atoms with Crippen molar-refractivity contribution in [2.45, 2.75) is 0 Å². The Bertz CT molecular complexity index is 3160. The first-order valence-corrected chi connectivity index (χ1v) is 19.0. The zero-order valence-corrected chi connectivity index (χ0v) is 30.4. The first-order valence-electron chi connectivity index (χ1n) is 19.0. The smallest absolute Gasteiger partial charge is 0.160 e. The van der Waals surface area contributed by atoms with Crippen LogP contribution in [-0.2, 0) is 0 Å². The van der Waals surface area contributed by atoms with Gasteiger partial charge < -0.3 is 9.13 Å². The topological polar surface area (TPSA) is 35.6 Å². The Balaban J connectivity index is 1.17. The van der Waals surface area contributed by atoms with Crippen LogP contribution in [0.2, 0.25) is 0 Å². The predicted octanol–water partition coefficient (Wildman–Crippen LogP) is 13.3. The lowest BCUT2D eigenvalue weighted by atomic mass is 10.1. The summed E-state index contributed by atoms with van der Waals surface area (Å²) in [6, 6.07) is 73.2. The zero-order chi connectivity index (χ0) is 37.0. The molecule has 262 valence electrons. The molecule has 0 bridgehead atoms. The van der Waals surface area contributed by atoms with Crippen LogP contribution in [0.1, 0.15) is 0 Å². The number of hydrogen-bond acceptors (Lipinski definition) is 2. The van der Waals surface area contributed by atoms with Crippen molar-refractivity contribution in [3.63, 3.8) is 0 Å². The van der Waals surface area contributed by atoms with Crippen molar-refractivity contribution in [2.75, 3.05) is 0 Å². The van der Waals surface area contributed by atoms with Crippen molar-refractivity contribution < 1.29 is 0 Å². The summed E-state index contributed by atoms with van der Waals surface area (Å²) < 4.78 is 4.89. The van der Waals surface area contributed by atoms with E-state index in [1.54, 1.807) is 0 Å². The van der Waals surface area contributed by atoms with Crippen LogP contribution in [0, 0.1) is 0 Å². The second kappa shape index (κ2) is 13.1. The van der Waals surface area contributed by atoms with E-state index in [1.165, 1.54) is 49.2 Å². The summed E-state index contributed by atoms with van der Waals surface area (Å²) in [5.41, 5.74) is 14.1. The summed E-state index contributed by atoms with van der Waals surface area (Å²) in [5, 5.41) is 4.87. The van der Waals surface area contributed by atoms with E-state index >= 15 is 0 Å². The van der Waals surface area contributed by atoms with E-state index in [-0.39, 0.29) is 0 Å². The zero-order valence-electron chi connectivity index (χ0n) is 30.4. The molecule has 0 N–H and O–H groups in total. The number of para-hydroxylation sites is 2. The van der Waals surface area contributed by atoms with Crippen molar-refractivity contribution in [3.8, 4) is 56.4 Å². The minimum Gasteiger partial charge on any atom is -0.307 e. The minimum absolute atomic E-state index is 0.703. The monoisotopic (exact) mass is 714 g/mol. The van der Waals surface area contributed by atoms with Gasteiger partial charge in [-0.3, -0.25) is 0 Å². The van der Waals surface area contributed by atoms with Crippen LogP contribution >= 0.6 is 0 Å². The normalized spacial score (nSPS) is 11.6. The van der Waals surface area contributed by atoms with Crippen molar-refractivity contribution >= 4 is 43.6 Å². The summed E-state index contributed by atoms with van der Waals surface area (Å²) in [7, 11) is 0. The minimum atomic E-state index is 0.703. The molecule has 0 aliphatic carbocycles. The van der Waals surface area contributed by atoms with E-state index < -0.39 is 0 Å². The van der Waals surface area contributed by atoms with Gasteiger partial charge in [-0.25, -0.2) is 9.97 Å². The summed E-state index contributed by atoms with van der Waals surface area (Å²) in [6.07, 6.45) is 0. The maximum absolute atomic E-state index is 5.18. The molecule has 4 nitrogen and oxygen atoms in total. The summed E-state index contributed by atoms with van der Waals surface area (Å²) in [5.74, 6) is 0.703. The van der Waals surface area contributed by atoms with Crippen LogP contribution in [-0.4, -0.2) is 19.1 Å². The number of rotatable bonds is 6. The van der Waals surface area contributed by atoms with E-state index in [0.29, 0.717) is 5.82 Å². The quantitative estimate of drug-likeness (QED) is 0.172. The average molecular weight is 715 g/mol. The molecule has 0 amide bonds. The second-order valence-electron chi connectivity index (χ2n) is 14.2. The van der Waals surface area contributed by atoms with Gasteiger partial charge in [-0.2, -0.15) is 0 Å². The summed E-state index contributed by atoms with van der Waals surface area (Å²) >= 11 is 0. The molecule has 11 rings (SSSR count). The highest BCUT2D eigenvalue weighted by atomic mass is 15.0. The van der Waals surface area contributed by atoms with Gasteiger partial charge in [0.25, 0.3) is 0 Å². The van der Waals surface area contributed by atoms with E-state index in [0.717, 1.165) is 45.0 Å². The molecule has 0 spiro atoms. The van der Waals surface area contributed by atoms with Crippen molar-refractivity contribution in [1.29, 1.82) is 0 Å². The number of benzene rings is 8. The van der Waals surface area contributed by atoms with Gasteiger partial charge in [-0.1, -0.05) is 164 Å². The van der Waals surface area contributed by atoms with E-state index in [2.05, 4.69) is 191 Å². The lowest BCUT2D eigenvalue weighted by Gasteiger charge is -2.14. The fourth-order valence-corrected chi connectivity index (χ4v) is 8.34. The molecule has 0 radical (unpaired) electrons. The Morgan fingerprint density at radius 1 is 0.286 bits per heavy atom. The number of fused-ring (bicyclic) bond motifs is 7. The molecule has 0 saturated heterocycles. The molecule has 4 heteroatoms. The average Bonchev–Trinajstić information content (AvgIpc) is 3.80. The van der Waals surface area contributed by atoms with Gasteiger partial charge in [0, 0.05) is 49.6 Å². The van der Waals surface area contributed by atoms with Gasteiger partial charge in [-0.15, -0.1) is 0 Å². The Hall–Kier alpha value is -7.56. The van der Waals surface area contributed by atoms with Crippen molar-refractivity contribution in [2.24, 2.45) is 0 Å².